The van der Waals surface area contributed by atoms with Gasteiger partial charge in [-0.1, -0.05) is 152 Å². The predicted molar refractivity (Wildman–Crippen MR) is 207 cm³/mol. The number of unbranched alkanes of at least 4 members (excludes halogenated alkanes) is 13. The molecule has 0 aromatic heterocycles. The maximum Gasteiger partial charge on any atom is 0.0503 e. The van der Waals surface area contributed by atoms with E-state index in [0.717, 1.165) is 45.4 Å². The van der Waals surface area contributed by atoms with Gasteiger partial charge in [0.25, 0.3) is 0 Å². The van der Waals surface area contributed by atoms with Crippen molar-refractivity contribution in [2.75, 3.05) is 33.9 Å². The Hall–Kier alpha value is -1.64. The quantitative estimate of drug-likeness (QED) is 0.0561. The molecule has 0 aliphatic rings. The molecule has 0 N–H and O–H groups in total. The first-order valence-corrected chi connectivity index (χ1v) is 19.2. The van der Waals surface area contributed by atoms with Gasteiger partial charge in [0.15, 0.2) is 0 Å². The number of rotatable bonds is 31. The summed E-state index contributed by atoms with van der Waals surface area (Å²) in [6.45, 7) is 11.9. The van der Waals surface area contributed by atoms with Crippen LogP contribution in [0.4, 0.5) is 0 Å². The van der Waals surface area contributed by atoms with Crippen molar-refractivity contribution in [3.05, 3.63) is 72.9 Å². The highest BCUT2D eigenvalue weighted by molar-refractivity contribution is 4.98. The van der Waals surface area contributed by atoms with E-state index in [0.29, 0.717) is 5.92 Å². The number of allylic oxidation sites excluding steroid dienone is 12. The molecule has 1 unspecified atom stereocenters. The fraction of sp³-hybridized carbons (Fsp3) is 0.721. The SMILES string of the molecule is CCCCC/C=C\C/C=C\C/C=C\CCCCCC.CCCCC/C=C\C/C=C\C/C=C\CCCCCOCC(C)CN(C)C. The van der Waals surface area contributed by atoms with E-state index >= 15 is 0 Å². The fourth-order valence-corrected chi connectivity index (χ4v) is 4.87. The summed E-state index contributed by atoms with van der Waals surface area (Å²) in [5, 5.41) is 0. The molecule has 2 nitrogen and oxygen atoms in total. The monoisotopic (exact) mass is 626 g/mol. The summed E-state index contributed by atoms with van der Waals surface area (Å²) in [4.78, 5) is 2.22. The van der Waals surface area contributed by atoms with Crippen molar-refractivity contribution >= 4 is 0 Å². The second kappa shape index (κ2) is 42.4. The zero-order valence-corrected chi connectivity index (χ0v) is 31.3. The molecule has 0 saturated carbocycles. The molecule has 0 amide bonds. The van der Waals surface area contributed by atoms with Crippen molar-refractivity contribution < 1.29 is 4.74 Å². The topological polar surface area (TPSA) is 12.5 Å². The van der Waals surface area contributed by atoms with Crippen molar-refractivity contribution in [3.63, 3.8) is 0 Å². The summed E-state index contributed by atoms with van der Waals surface area (Å²) in [7, 11) is 4.24. The lowest BCUT2D eigenvalue weighted by molar-refractivity contribution is 0.0920. The molecule has 0 rings (SSSR count). The van der Waals surface area contributed by atoms with Crippen molar-refractivity contribution in [1.29, 1.82) is 0 Å². The van der Waals surface area contributed by atoms with E-state index in [1.165, 1.54) is 109 Å². The second-order valence-electron chi connectivity index (χ2n) is 12.9. The molecule has 0 heterocycles. The molecular weight excluding hydrogens is 546 g/mol. The Morgan fingerprint density at radius 3 is 1.16 bits per heavy atom. The lowest BCUT2D eigenvalue weighted by atomic mass is 10.1. The molecule has 45 heavy (non-hydrogen) atoms. The number of ether oxygens (including phenoxy) is 1. The average molecular weight is 626 g/mol. The lowest BCUT2D eigenvalue weighted by Crippen LogP contribution is -2.23. The van der Waals surface area contributed by atoms with Crippen molar-refractivity contribution in [3.8, 4) is 0 Å². The van der Waals surface area contributed by atoms with E-state index in [-0.39, 0.29) is 0 Å². The summed E-state index contributed by atoms with van der Waals surface area (Å²) < 4.78 is 5.76. The van der Waals surface area contributed by atoms with Crippen LogP contribution in [-0.4, -0.2) is 38.8 Å². The van der Waals surface area contributed by atoms with Gasteiger partial charge in [-0.15, -0.1) is 0 Å². The Kier molecular flexibility index (Phi) is 42.8. The van der Waals surface area contributed by atoms with Gasteiger partial charge in [0.2, 0.25) is 0 Å². The lowest BCUT2D eigenvalue weighted by Gasteiger charge is -2.16. The third-order valence-electron chi connectivity index (χ3n) is 7.50. The van der Waals surface area contributed by atoms with E-state index in [1.807, 2.05) is 0 Å². The van der Waals surface area contributed by atoms with E-state index in [1.54, 1.807) is 0 Å². The first-order chi connectivity index (χ1) is 22.1. The smallest absolute Gasteiger partial charge is 0.0503 e. The number of hydrogen-bond donors (Lipinski definition) is 0. The molecule has 0 aliphatic carbocycles. The molecule has 0 aromatic carbocycles. The fourth-order valence-electron chi connectivity index (χ4n) is 4.87. The molecule has 0 bridgehead atoms. The number of hydrogen-bond acceptors (Lipinski definition) is 2. The van der Waals surface area contributed by atoms with Crippen LogP contribution < -0.4 is 0 Å². The zero-order chi connectivity index (χ0) is 33.3. The molecule has 0 fully saturated rings. The predicted octanol–water partition coefficient (Wildman–Crippen LogP) is 13.8. The Balaban J connectivity index is 0. The highest BCUT2D eigenvalue weighted by Crippen LogP contribution is 2.06. The first kappa shape index (κ1) is 45.5. The molecule has 262 valence electrons. The van der Waals surface area contributed by atoms with Crippen molar-refractivity contribution in [1.82, 2.24) is 4.90 Å². The minimum Gasteiger partial charge on any atom is -0.381 e. The van der Waals surface area contributed by atoms with Crippen LogP contribution in [0.5, 0.6) is 0 Å². The molecule has 0 saturated heterocycles. The zero-order valence-electron chi connectivity index (χ0n) is 31.3. The molecule has 0 spiro atoms. The average Bonchev–Trinajstić information content (AvgIpc) is 3.02. The van der Waals surface area contributed by atoms with Gasteiger partial charge in [0.1, 0.15) is 0 Å². The van der Waals surface area contributed by atoms with Crippen LogP contribution in [0.2, 0.25) is 0 Å². The summed E-state index contributed by atoms with van der Waals surface area (Å²) in [5.74, 6) is 0.623. The van der Waals surface area contributed by atoms with Gasteiger partial charge < -0.3 is 9.64 Å². The molecule has 1 atom stereocenters. The molecule has 0 aromatic rings. The van der Waals surface area contributed by atoms with E-state index < -0.39 is 0 Å². The van der Waals surface area contributed by atoms with Crippen LogP contribution in [0.1, 0.15) is 163 Å². The Bertz CT molecular complexity index is 711. The van der Waals surface area contributed by atoms with Crippen molar-refractivity contribution in [2.24, 2.45) is 5.92 Å². The normalized spacial score (nSPS) is 13.1. The van der Waals surface area contributed by atoms with Crippen LogP contribution in [0.15, 0.2) is 72.9 Å². The van der Waals surface area contributed by atoms with Crippen LogP contribution in [0.25, 0.3) is 0 Å². The molecule has 0 aliphatic heterocycles. The second-order valence-corrected chi connectivity index (χ2v) is 12.9. The third-order valence-corrected chi connectivity index (χ3v) is 7.50. The Morgan fingerprint density at radius 2 is 0.778 bits per heavy atom. The standard InChI is InChI=1S/C24H45NO.C19H34/c1-5-6-7-8-9-10-11-12-13-14-15-16-17-18-19-20-21-26-23-24(2)22-25(3)4;1-3-5-7-9-11-13-15-17-19-18-16-14-12-10-8-6-4-2/h9-10,12-13,15-16,24H,5-8,11,14,17-23H2,1-4H3;11,13-14,16-17,19H,3-10,12,15,18H2,1-2H3/b10-9-,13-12-,16-15-;13-11-,16-14-,19-17-. The summed E-state index contributed by atoms with van der Waals surface area (Å²) >= 11 is 0. The molecule has 0 radical (unpaired) electrons. The number of nitrogens with zero attached hydrogens (tertiary/aromatic N) is 1. The van der Waals surface area contributed by atoms with Gasteiger partial charge in [-0.2, -0.15) is 0 Å². The largest absolute Gasteiger partial charge is 0.381 e. The maximum atomic E-state index is 5.76. The van der Waals surface area contributed by atoms with Crippen LogP contribution in [0, 0.1) is 5.92 Å². The van der Waals surface area contributed by atoms with Crippen LogP contribution >= 0.6 is 0 Å². The summed E-state index contributed by atoms with van der Waals surface area (Å²) in [6, 6.07) is 0. The van der Waals surface area contributed by atoms with Gasteiger partial charge >= 0.3 is 0 Å². The van der Waals surface area contributed by atoms with Gasteiger partial charge in [0, 0.05) is 13.2 Å². The van der Waals surface area contributed by atoms with E-state index in [2.05, 4.69) is 120 Å². The molecular formula is C43H79NO. The first-order valence-electron chi connectivity index (χ1n) is 19.2. The van der Waals surface area contributed by atoms with Gasteiger partial charge in [-0.05, 0) is 103 Å². The van der Waals surface area contributed by atoms with Crippen LogP contribution in [-0.2, 0) is 4.74 Å². The summed E-state index contributed by atoms with van der Waals surface area (Å²) in [6.07, 6.45) is 54.1. The highest BCUT2D eigenvalue weighted by Gasteiger charge is 2.03. The minimum atomic E-state index is 0.623. The van der Waals surface area contributed by atoms with Gasteiger partial charge in [-0.25, -0.2) is 0 Å². The van der Waals surface area contributed by atoms with Gasteiger partial charge in [0.05, 0.1) is 6.61 Å². The maximum absolute atomic E-state index is 5.76. The van der Waals surface area contributed by atoms with Gasteiger partial charge in [-0.3, -0.25) is 0 Å². The summed E-state index contributed by atoms with van der Waals surface area (Å²) in [5.41, 5.74) is 0. The third kappa shape index (κ3) is 46.9. The van der Waals surface area contributed by atoms with E-state index in [9.17, 15) is 0 Å². The van der Waals surface area contributed by atoms with Crippen LogP contribution in [0.3, 0.4) is 0 Å². The van der Waals surface area contributed by atoms with Crippen molar-refractivity contribution in [2.45, 2.75) is 163 Å². The molecule has 2 heteroatoms. The van der Waals surface area contributed by atoms with E-state index in [4.69, 9.17) is 4.74 Å². The Morgan fingerprint density at radius 1 is 0.444 bits per heavy atom. The highest BCUT2D eigenvalue weighted by atomic mass is 16.5. The minimum absolute atomic E-state index is 0.623. The Labute approximate surface area is 284 Å².